The van der Waals surface area contributed by atoms with Crippen LogP contribution >= 0.6 is 0 Å². The molecule has 112 valence electrons. The maximum atomic E-state index is 12.6. The van der Waals surface area contributed by atoms with Gasteiger partial charge >= 0.3 is 0 Å². The molecule has 0 aromatic carbocycles. The van der Waals surface area contributed by atoms with E-state index in [0.29, 0.717) is 5.92 Å². The molecule has 0 radical (unpaired) electrons. The zero-order chi connectivity index (χ0) is 14.1. The number of piperidine rings is 1. The maximum Gasteiger partial charge on any atom is 0.214 e. The van der Waals surface area contributed by atoms with Crippen molar-refractivity contribution in [3.05, 3.63) is 0 Å². The van der Waals surface area contributed by atoms with Crippen molar-refractivity contribution in [2.75, 3.05) is 25.4 Å². The second kappa shape index (κ2) is 5.70. The molecule has 1 saturated heterocycles. The number of hydrogen-bond acceptors (Lipinski definition) is 3. The Balaban J connectivity index is 2.02. The fourth-order valence-corrected chi connectivity index (χ4v) is 5.18. The summed E-state index contributed by atoms with van der Waals surface area (Å²) < 4.78 is 27.0. The van der Waals surface area contributed by atoms with Gasteiger partial charge in [0.1, 0.15) is 0 Å². The van der Waals surface area contributed by atoms with Gasteiger partial charge < -0.3 is 5.32 Å². The normalized spacial score (nSPS) is 25.8. The fourth-order valence-electron chi connectivity index (χ4n) is 2.82. The van der Waals surface area contributed by atoms with E-state index in [9.17, 15) is 8.42 Å². The van der Waals surface area contributed by atoms with Crippen LogP contribution in [0.1, 0.15) is 46.5 Å². The Labute approximate surface area is 118 Å². The molecule has 0 amide bonds. The van der Waals surface area contributed by atoms with Crippen LogP contribution in [0, 0.1) is 11.3 Å². The Hall–Kier alpha value is -0.130. The number of hydrogen-bond donors (Lipinski definition) is 1. The lowest BCUT2D eigenvalue weighted by Crippen LogP contribution is -2.44. The van der Waals surface area contributed by atoms with Gasteiger partial charge in [-0.05, 0) is 50.1 Å². The molecule has 2 rings (SSSR count). The summed E-state index contributed by atoms with van der Waals surface area (Å²) in [7, 11) is -3.11. The predicted octanol–water partition coefficient (Wildman–Crippen LogP) is 1.83. The van der Waals surface area contributed by atoms with E-state index in [2.05, 4.69) is 5.32 Å². The van der Waals surface area contributed by atoms with Gasteiger partial charge in [-0.15, -0.1) is 0 Å². The van der Waals surface area contributed by atoms with Gasteiger partial charge in [0.25, 0.3) is 0 Å². The number of sulfonamides is 1. The third-order valence-corrected chi connectivity index (χ3v) is 6.16. The maximum absolute atomic E-state index is 12.6. The molecule has 2 aliphatic rings. The number of nitrogens with zero attached hydrogens (tertiary/aromatic N) is 1. The predicted molar refractivity (Wildman–Crippen MR) is 78.6 cm³/mol. The first-order chi connectivity index (χ1) is 8.78. The molecule has 0 aromatic heterocycles. The average Bonchev–Trinajstić information content (AvgIpc) is 3.07. The van der Waals surface area contributed by atoms with E-state index in [1.807, 2.05) is 25.1 Å². The van der Waals surface area contributed by atoms with Crippen molar-refractivity contribution in [1.29, 1.82) is 0 Å². The highest BCUT2D eigenvalue weighted by molar-refractivity contribution is 7.89. The molecule has 1 atom stereocenters. The average molecular weight is 288 g/mol. The van der Waals surface area contributed by atoms with Gasteiger partial charge in [0.05, 0.1) is 5.75 Å². The molecule has 0 aromatic rings. The van der Waals surface area contributed by atoms with E-state index in [-0.39, 0.29) is 17.2 Å². The molecule has 1 heterocycles. The molecule has 1 aliphatic carbocycles. The zero-order valence-electron chi connectivity index (χ0n) is 12.5. The molecule has 4 nitrogen and oxygen atoms in total. The van der Waals surface area contributed by atoms with E-state index in [1.54, 1.807) is 0 Å². The lowest BCUT2D eigenvalue weighted by molar-refractivity contribution is 0.283. The van der Waals surface area contributed by atoms with Crippen LogP contribution in [0.4, 0.5) is 0 Å². The minimum absolute atomic E-state index is 0.170. The summed E-state index contributed by atoms with van der Waals surface area (Å²) in [5, 5.41) is 3.38. The van der Waals surface area contributed by atoms with Crippen LogP contribution in [0.15, 0.2) is 0 Å². The molecule has 0 spiro atoms. The standard InChI is InChI=1S/C14H28N2O2S/c1-14(2,3)11-19(17,18)16(13-6-7-13)10-12-5-4-8-15-9-12/h12-13,15H,4-11H2,1-3H3. The molecular weight excluding hydrogens is 260 g/mol. The fraction of sp³-hybridized carbons (Fsp3) is 1.00. The van der Waals surface area contributed by atoms with Crippen molar-refractivity contribution in [2.45, 2.75) is 52.5 Å². The Bertz CT molecular complexity index is 390. The molecule has 5 heteroatoms. The van der Waals surface area contributed by atoms with E-state index in [0.717, 1.165) is 38.9 Å². The van der Waals surface area contributed by atoms with Crippen LogP contribution in [0.2, 0.25) is 0 Å². The summed E-state index contributed by atoms with van der Waals surface area (Å²) in [4.78, 5) is 0. The monoisotopic (exact) mass is 288 g/mol. The van der Waals surface area contributed by atoms with E-state index in [1.165, 1.54) is 6.42 Å². The van der Waals surface area contributed by atoms with Crippen LogP contribution in [0.25, 0.3) is 0 Å². The second-order valence-corrected chi connectivity index (χ2v) is 9.25. The van der Waals surface area contributed by atoms with Crippen molar-refractivity contribution in [3.8, 4) is 0 Å². The van der Waals surface area contributed by atoms with Crippen LogP contribution in [0.5, 0.6) is 0 Å². The summed E-state index contributed by atoms with van der Waals surface area (Å²) in [6.45, 7) is 8.76. The third-order valence-electron chi connectivity index (χ3n) is 3.76. The van der Waals surface area contributed by atoms with Gasteiger partial charge in [0, 0.05) is 12.6 Å². The molecule has 1 N–H and O–H groups in total. The minimum atomic E-state index is -3.11. The van der Waals surface area contributed by atoms with Gasteiger partial charge in [-0.3, -0.25) is 0 Å². The van der Waals surface area contributed by atoms with Crippen LogP contribution in [-0.2, 0) is 10.0 Å². The summed E-state index contributed by atoms with van der Waals surface area (Å²) in [5.41, 5.74) is -0.170. The highest BCUT2D eigenvalue weighted by atomic mass is 32.2. The zero-order valence-corrected chi connectivity index (χ0v) is 13.3. The third kappa shape index (κ3) is 4.72. The van der Waals surface area contributed by atoms with E-state index >= 15 is 0 Å². The highest BCUT2D eigenvalue weighted by Gasteiger charge is 2.39. The van der Waals surface area contributed by atoms with Gasteiger partial charge in [-0.25, -0.2) is 8.42 Å². The largest absolute Gasteiger partial charge is 0.316 e. The number of nitrogens with one attached hydrogen (secondary N) is 1. The van der Waals surface area contributed by atoms with Crippen molar-refractivity contribution in [2.24, 2.45) is 11.3 Å². The smallest absolute Gasteiger partial charge is 0.214 e. The van der Waals surface area contributed by atoms with Crippen LogP contribution in [-0.4, -0.2) is 44.2 Å². The summed E-state index contributed by atoms with van der Waals surface area (Å²) >= 11 is 0. The molecule has 19 heavy (non-hydrogen) atoms. The lowest BCUT2D eigenvalue weighted by atomic mass is 10.00. The molecule has 1 aliphatic heterocycles. The number of rotatable bonds is 5. The van der Waals surface area contributed by atoms with Crippen molar-refractivity contribution in [1.82, 2.24) is 9.62 Å². The first-order valence-corrected chi connectivity index (χ1v) is 9.09. The van der Waals surface area contributed by atoms with Gasteiger partial charge in [-0.1, -0.05) is 20.8 Å². The first kappa shape index (κ1) is 15.3. The van der Waals surface area contributed by atoms with Crippen LogP contribution < -0.4 is 5.32 Å². The quantitative estimate of drug-likeness (QED) is 0.839. The van der Waals surface area contributed by atoms with Crippen molar-refractivity contribution >= 4 is 10.0 Å². The Morgan fingerprint density at radius 2 is 1.89 bits per heavy atom. The Kier molecular flexibility index (Phi) is 4.58. The van der Waals surface area contributed by atoms with Crippen molar-refractivity contribution < 1.29 is 8.42 Å². The van der Waals surface area contributed by atoms with Crippen LogP contribution in [0.3, 0.4) is 0 Å². The molecule has 2 fully saturated rings. The highest BCUT2D eigenvalue weighted by Crippen LogP contribution is 2.33. The lowest BCUT2D eigenvalue weighted by Gasteiger charge is -2.31. The van der Waals surface area contributed by atoms with Gasteiger partial charge in [-0.2, -0.15) is 4.31 Å². The van der Waals surface area contributed by atoms with Gasteiger partial charge in [0.15, 0.2) is 0 Å². The van der Waals surface area contributed by atoms with Crippen molar-refractivity contribution in [3.63, 3.8) is 0 Å². The molecule has 1 saturated carbocycles. The topological polar surface area (TPSA) is 49.4 Å². The summed E-state index contributed by atoms with van der Waals surface area (Å²) in [6.07, 6.45) is 4.41. The molecule has 0 bridgehead atoms. The Morgan fingerprint density at radius 3 is 2.37 bits per heavy atom. The molecule has 1 unspecified atom stereocenters. The van der Waals surface area contributed by atoms with E-state index < -0.39 is 10.0 Å². The van der Waals surface area contributed by atoms with Gasteiger partial charge in [0.2, 0.25) is 10.0 Å². The summed E-state index contributed by atoms with van der Waals surface area (Å²) in [6, 6.07) is 0.286. The SMILES string of the molecule is CC(C)(C)CS(=O)(=O)N(CC1CCCNC1)C1CC1. The minimum Gasteiger partial charge on any atom is -0.316 e. The Morgan fingerprint density at radius 1 is 1.21 bits per heavy atom. The first-order valence-electron chi connectivity index (χ1n) is 7.48. The second-order valence-electron chi connectivity index (χ2n) is 7.33. The summed E-state index contributed by atoms with van der Waals surface area (Å²) in [5.74, 6) is 0.750. The van der Waals surface area contributed by atoms with E-state index in [4.69, 9.17) is 0 Å². The molecular formula is C14H28N2O2S.